The zero-order valence-electron chi connectivity index (χ0n) is 16.3. The quantitative estimate of drug-likeness (QED) is 0.588. The minimum absolute atomic E-state index is 0.250. The molecule has 0 aliphatic heterocycles. The van der Waals surface area contributed by atoms with Crippen LogP contribution in [0.1, 0.15) is 29.8 Å². The number of aromatic nitrogens is 3. The summed E-state index contributed by atoms with van der Waals surface area (Å²) < 4.78 is 15.5. The molecule has 29 heavy (non-hydrogen) atoms. The summed E-state index contributed by atoms with van der Waals surface area (Å²) in [6.45, 7) is 2.37. The van der Waals surface area contributed by atoms with Gasteiger partial charge in [0.25, 0.3) is 5.91 Å². The monoisotopic (exact) mass is 396 g/mol. The van der Waals surface area contributed by atoms with Crippen molar-refractivity contribution >= 4 is 17.1 Å². The Morgan fingerprint density at radius 1 is 1.38 bits per heavy atom. The molecule has 8 nitrogen and oxygen atoms in total. The lowest BCUT2D eigenvalue weighted by Crippen LogP contribution is -2.42. The molecule has 0 aliphatic rings. The summed E-state index contributed by atoms with van der Waals surface area (Å²) in [6.07, 6.45) is 1.26. The number of anilines is 1. The molecule has 3 heterocycles. The van der Waals surface area contributed by atoms with Crippen molar-refractivity contribution in [2.24, 2.45) is 0 Å². The number of aliphatic hydroxyl groups is 1. The van der Waals surface area contributed by atoms with Crippen LogP contribution in [-0.2, 0) is 0 Å². The molecule has 3 aromatic rings. The van der Waals surface area contributed by atoms with Gasteiger partial charge in [0.15, 0.2) is 0 Å². The molecule has 3 rings (SSSR count). The van der Waals surface area contributed by atoms with Crippen LogP contribution in [0.5, 0.6) is 0 Å². The molecular formula is C20H21FN6O2. The number of hydrogen-bond acceptors (Lipinski definition) is 6. The normalized spacial score (nSPS) is 12.4. The van der Waals surface area contributed by atoms with E-state index in [1.165, 1.54) is 26.2 Å². The summed E-state index contributed by atoms with van der Waals surface area (Å²) in [4.78, 5) is 16.8. The molecule has 0 aliphatic carbocycles. The summed E-state index contributed by atoms with van der Waals surface area (Å²) in [5, 5.41) is 28.3. The SMILES string of the molecule is CNc1cc(-c2ccc3cc(C#N)cnn23)ncc1C(=O)NC[C@@H](F)C(C)(C)O. The first-order valence-corrected chi connectivity index (χ1v) is 8.95. The second kappa shape index (κ2) is 7.85. The molecule has 3 N–H and O–H groups in total. The van der Waals surface area contributed by atoms with Crippen LogP contribution in [0.2, 0.25) is 0 Å². The lowest BCUT2D eigenvalue weighted by Gasteiger charge is -2.22. The number of rotatable bonds is 6. The molecule has 1 atom stereocenters. The Bertz CT molecular complexity index is 1100. The molecule has 3 aromatic heterocycles. The Labute approximate surface area is 167 Å². The van der Waals surface area contributed by atoms with Gasteiger partial charge in [0.05, 0.1) is 52.1 Å². The third-order valence-corrected chi connectivity index (χ3v) is 4.52. The van der Waals surface area contributed by atoms with Gasteiger partial charge in [0, 0.05) is 13.2 Å². The van der Waals surface area contributed by atoms with E-state index in [4.69, 9.17) is 5.26 Å². The predicted octanol–water partition coefficient (Wildman–Crippen LogP) is 2.15. The van der Waals surface area contributed by atoms with Gasteiger partial charge in [-0.05, 0) is 38.1 Å². The highest BCUT2D eigenvalue weighted by atomic mass is 19.1. The molecule has 1 amide bonds. The third kappa shape index (κ3) is 4.17. The van der Waals surface area contributed by atoms with Gasteiger partial charge in [-0.25, -0.2) is 8.91 Å². The second-order valence-electron chi connectivity index (χ2n) is 7.11. The number of nitrogens with zero attached hydrogens (tertiary/aromatic N) is 4. The predicted molar refractivity (Wildman–Crippen MR) is 106 cm³/mol. The van der Waals surface area contributed by atoms with Gasteiger partial charge in [-0.2, -0.15) is 10.4 Å². The lowest BCUT2D eigenvalue weighted by molar-refractivity contribution is -0.00177. The van der Waals surface area contributed by atoms with Crippen LogP contribution in [0.25, 0.3) is 16.9 Å². The van der Waals surface area contributed by atoms with Gasteiger partial charge < -0.3 is 15.7 Å². The second-order valence-corrected chi connectivity index (χ2v) is 7.11. The van der Waals surface area contributed by atoms with Crippen LogP contribution in [0.3, 0.4) is 0 Å². The molecule has 0 fully saturated rings. The van der Waals surface area contributed by atoms with Crippen molar-refractivity contribution < 1.29 is 14.3 Å². The van der Waals surface area contributed by atoms with Crippen molar-refractivity contribution in [2.45, 2.75) is 25.6 Å². The number of nitriles is 1. The van der Waals surface area contributed by atoms with Crippen LogP contribution >= 0.6 is 0 Å². The van der Waals surface area contributed by atoms with Crippen molar-refractivity contribution in [3.63, 3.8) is 0 Å². The number of hydrogen-bond donors (Lipinski definition) is 3. The van der Waals surface area contributed by atoms with Crippen molar-refractivity contribution in [2.75, 3.05) is 18.9 Å². The topological polar surface area (TPSA) is 115 Å². The number of nitrogens with one attached hydrogen (secondary N) is 2. The Balaban J connectivity index is 1.88. The van der Waals surface area contributed by atoms with Crippen LogP contribution in [-0.4, -0.2) is 51.0 Å². The zero-order chi connectivity index (χ0) is 21.2. The molecular weight excluding hydrogens is 375 g/mol. The van der Waals surface area contributed by atoms with Gasteiger partial charge in [-0.15, -0.1) is 0 Å². The number of carbonyl (C=O) groups is 1. The highest BCUT2D eigenvalue weighted by molar-refractivity contribution is 5.99. The molecule has 150 valence electrons. The van der Waals surface area contributed by atoms with E-state index in [9.17, 15) is 14.3 Å². The Hall–Kier alpha value is -3.51. The van der Waals surface area contributed by atoms with Gasteiger partial charge in [0.2, 0.25) is 0 Å². The van der Waals surface area contributed by atoms with Gasteiger partial charge in [-0.3, -0.25) is 9.78 Å². The van der Waals surface area contributed by atoms with E-state index in [0.717, 1.165) is 5.52 Å². The molecule has 0 saturated heterocycles. The number of amides is 1. The van der Waals surface area contributed by atoms with E-state index >= 15 is 0 Å². The van der Waals surface area contributed by atoms with Gasteiger partial charge in [0.1, 0.15) is 12.2 Å². The molecule has 0 saturated carbocycles. The smallest absolute Gasteiger partial charge is 0.255 e. The summed E-state index contributed by atoms with van der Waals surface area (Å²) >= 11 is 0. The van der Waals surface area contributed by atoms with Crippen LogP contribution in [0.15, 0.2) is 36.7 Å². The van der Waals surface area contributed by atoms with Crippen molar-refractivity contribution in [3.8, 4) is 17.5 Å². The maximum Gasteiger partial charge on any atom is 0.255 e. The van der Waals surface area contributed by atoms with Crippen LogP contribution in [0, 0.1) is 11.3 Å². The number of carbonyl (C=O) groups excluding carboxylic acids is 1. The first-order chi connectivity index (χ1) is 13.7. The van der Waals surface area contributed by atoms with Crippen LogP contribution < -0.4 is 10.6 Å². The van der Waals surface area contributed by atoms with E-state index in [1.54, 1.807) is 23.7 Å². The fraction of sp³-hybridized carbons (Fsp3) is 0.300. The largest absolute Gasteiger partial charge is 0.387 e. The summed E-state index contributed by atoms with van der Waals surface area (Å²) in [5.74, 6) is -0.503. The van der Waals surface area contributed by atoms with Crippen molar-refractivity contribution in [1.29, 1.82) is 5.26 Å². The van der Waals surface area contributed by atoms with E-state index in [-0.39, 0.29) is 12.1 Å². The van der Waals surface area contributed by atoms with E-state index in [2.05, 4.69) is 20.7 Å². The highest BCUT2D eigenvalue weighted by Crippen LogP contribution is 2.25. The minimum atomic E-state index is -1.60. The maximum absolute atomic E-state index is 13.9. The Morgan fingerprint density at radius 2 is 2.14 bits per heavy atom. The average molecular weight is 396 g/mol. The average Bonchev–Trinajstić information content (AvgIpc) is 3.13. The first kappa shape index (κ1) is 20.2. The molecule has 0 radical (unpaired) electrons. The first-order valence-electron chi connectivity index (χ1n) is 8.95. The fourth-order valence-electron chi connectivity index (χ4n) is 2.76. The number of fused-ring (bicyclic) bond motifs is 1. The summed E-state index contributed by atoms with van der Waals surface area (Å²) in [7, 11) is 1.67. The Kier molecular flexibility index (Phi) is 5.48. The van der Waals surface area contributed by atoms with Gasteiger partial charge in [-0.1, -0.05) is 0 Å². The zero-order valence-corrected chi connectivity index (χ0v) is 16.3. The van der Waals surface area contributed by atoms with Crippen molar-refractivity contribution in [1.82, 2.24) is 19.9 Å². The van der Waals surface area contributed by atoms with E-state index < -0.39 is 17.7 Å². The fourth-order valence-corrected chi connectivity index (χ4v) is 2.76. The Morgan fingerprint density at radius 3 is 2.79 bits per heavy atom. The van der Waals surface area contributed by atoms with Crippen LogP contribution in [0.4, 0.5) is 10.1 Å². The number of alkyl halides is 1. The van der Waals surface area contributed by atoms with E-state index in [0.29, 0.717) is 22.6 Å². The lowest BCUT2D eigenvalue weighted by atomic mass is 10.0. The number of halogens is 1. The molecule has 0 bridgehead atoms. The number of pyridine rings is 1. The molecule has 0 unspecified atom stereocenters. The summed E-state index contributed by atoms with van der Waals surface area (Å²) in [5.41, 5.74) is 1.68. The highest BCUT2D eigenvalue weighted by Gasteiger charge is 2.27. The summed E-state index contributed by atoms with van der Waals surface area (Å²) in [6, 6.07) is 9.10. The minimum Gasteiger partial charge on any atom is -0.387 e. The molecule has 0 aromatic carbocycles. The maximum atomic E-state index is 13.9. The van der Waals surface area contributed by atoms with E-state index in [1.807, 2.05) is 18.2 Å². The van der Waals surface area contributed by atoms with Crippen molar-refractivity contribution in [3.05, 3.63) is 47.8 Å². The van der Waals surface area contributed by atoms with Gasteiger partial charge >= 0.3 is 0 Å². The third-order valence-electron chi connectivity index (χ3n) is 4.52. The standard InChI is InChI=1S/C20H21FN6O2/c1-20(2,29)18(21)11-25-19(28)14-10-24-16(7-15(14)23-3)17-5-4-13-6-12(8-22)9-26-27(13)17/h4-7,9-10,18,29H,11H2,1-3H3,(H,23,24)(H,25,28)/t18-/m1/s1. The molecule has 9 heteroatoms. The molecule has 0 spiro atoms.